The molecule has 0 spiro atoms. The third kappa shape index (κ3) is 3.74. The van der Waals surface area contributed by atoms with Crippen molar-refractivity contribution in [1.82, 2.24) is 15.1 Å². The molecule has 3 fully saturated rings. The quantitative estimate of drug-likeness (QED) is 0.857. The number of carbonyl (C=O) groups excluding carboxylic acids is 1. The standard InChI is InChI=1S/C16H23N3O2/c1-13-3-2-4-15(9-13)21-12-16(20)17-10-14-11-18-5-7-19(14)8-6-18/h2-4,9,14H,5-8,10-12H2,1H3,(H,17,20). The second-order valence-electron chi connectivity index (χ2n) is 5.90. The molecule has 114 valence electrons. The number of carbonyl (C=O) groups is 1. The summed E-state index contributed by atoms with van der Waals surface area (Å²) in [6, 6.07) is 8.21. The summed E-state index contributed by atoms with van der Waals surface area (Å²) >= 11 is 0. The van der Waals surface area contributed by atoms with Crippen LogP contribution in [0, 0.1) is 6.92 Å². The predicted molar refractivity (Wildman–Crippen MR) is 81.5 cm³/mol. The average Bonchev–Trinajstić information content (AvgIpc) is 2.52. The molecule has 0 radical (unpaired) electrons. The zero-order valence-corrected chi connectivity index (χ0v) is 12.5. The Hall–Kier alpha value is -1.59. The first kappa shape index (κ1) is 14.4. The van der Waals surface area contributed by atoms with Crippen molar-refractivity contribution in [1.29, 1.82) is 0 Å². The lowest BCUT2D eigenvalue weighted by Crippen LogP contribution is -2.63. The van der Waals surface area contributed by atoms with Gasteiger partial charge in [-0.2, -0.15) is 0 Å². The van der Waals surface area contributed by atoms with Gasteiger partial charge in [-0.3, -0.25) is 14.6 Å². The highest BCUT2D eigenvalue weighted by molar-refractivity contribution is 5.77. The monoisotopic (exact) mass is 289 g/mol. The number of aryl methyl sites for hydroxylation is 1. The Balaban J connectivity index is 1.40. The van der Waals surface area contributed by atoms with Gasteiger partial charge < -0.3 is 10.1 Å². The molecule has 1 atom stereocenters. The molecule has 0 aliphatic carbocycles. The first-order valence-corrected chi connectivity index (χ1v) is 7.63. The Morgan fingerprint density at radius 3 is 2.81 bits per heavy atom. The molecule has 1 unspecified atom stereocenters. The van der Waals surface area contributed by atoms with Crippen LogP contribution in [0.5, 0.6) is 5.75 Å². The number of amides is 1. The fourth-order valence-electron chi connectivity index (χ4n) is 3.05. The molecule has 21 heavy (non-hydrogen) atoms. The van der Waals surface area contributed by atoms with Gasteiger partial charge in [0, 0.05) is 45.3 Å². The van der Waals surface area contributed by atoms with Gasteiger partial charge in [-0.05, 0) is 24.6 Å². The number of hydrogen-bond donors (Lipinski definition) is 1. The van der Waals surface area contributed by atoms with E-state index in [0.717, 1.165) is 30.9 Å². The SMILES string of the molecule is Cc1cccc(OCC(=O)NCC2CN3CCN2CC3)c1. The number of rotatable bonds is 5. The molecule has 5 heteroatoms. The largest absolute Gasteiger partial charge is 0.484 e. The molecule has 0 saturated carbocycles. The van der Waals surface area contributed by atoms with Crippen LogP contribution in [0.2, 0.25) is 0 Å². The van der Waals surface area contributed by atoms with Crippen molar-refractivity contribution in [2.75, 3.05) is 45.9 Å². The van der Waals surface area contributed by atoms with Crippen LogP contribution in [-0.2, 0) is 4.79 Å². The summed E-state index contributed by atoms with van der Waals surface area (Å²) < 4.78 is 5.51. The lowest BCUT2D eigenvalue weighted by atomic mass is 10.1. The molecule has 3 heterocycles. The molecule has 3 aliphatic rings. The Kier molecular flexibility index (Phi) is 4.41. The summed E-state index contributed by atoms with van der Waals surface area (Å²) in [5, 5.41) is 2.99. The Bertz CT molecular complexity index is 498. The van der Waals surface area contributed by atoms with E-state index < -0.39 is 0 Å². The van der Waals surface area contributed by atoms with E-state index in [9.17, 15) is 4.79 Å². The Morgan fingerprint density at radius 1 is 1.33 bits per heavy atom. The zero-order chi connectivity index (χ0) is 14.7. The summed E-state index contributed by atoms with van der Waals surface area (Å²) in [7, 11) is 0. The Morgan fingerprint density at radius 2 is 2.14 bits per heavy atom. The number of nitrogens with one attached hydrogen (secondary N) is 1. The molecule has 4 rings (SSSR count). The smallest absolute Gasteiger partial charge is 0.257 e. The van der Waals surface area contributed by atoms with Crippen LogP contribution in [0.3, 0.4) is 0 Å². The fourth-order valence-corrected chi connectivity index (χ4v) is 3.05. The van der Waals surface area contributed by atoms with E-state index in [1.54, 1.807) is 0 Å². The lowest BCUT2D eigenvalue weighted by Gasteiger charge is -2.47. The van der Waals surface area contributed by atoms with Gasteiger partial charge in [-0.15, -0.1) is 0 Å². The van der Waals surface area contributed by atoms with Crippen LogP contribution < -0.4 is 10.1 Å². The highest BCUT2D eigenvalue weighted by Crippen LogP contribution is 2.15. The maximum absolute atomic E-state index is 11.9. The highest BCUT2D eigenvalue weighted by atomic mass is 16.5. The van der Waals surface area contributed by atoms with Gasteiger partial charge in [0.1, 0.15) is 5.75 Å². The summed E-state index contributed by atoms with van der Waals surface area (Å²) in [6.07, 6.45) is 0. The predicted octanol–water partition coefficient (Wildman–Crippen LogP) is 0.490. The highest BCUT2D eigenvalue weighted by Gasteiger charge is 2.31. The molecule has 2 bridgehead atoms. The molecule has 3 aliphatic heterocycles. The first-order chi connectivity index (χ1) is 10.2. The van der Waals surface area contributed by atoms with Crippen LogP contribution in [0.15, 0.2) is 24.3 Å². The second-order valence-corrected chi connectivity index (χ2v) is 5.90. The summed E-state index contributed by atoms with van der Waals surface area (Å²) in [5.41, 5.74) is 1.13. The minimum atomic E-state index is -0.0471. The summed E-state index contributed by atoms with van der Waals surface area (Å²) in [5.74, 6) is 0.700. The molecule has 0 aromatic heterocycles. The van der Waals surface area contributed by atoms with E-state index in [4.69, 9.17) is 4.74 Å². The first-order valence-electron chi connectivity index (χ1n) is 7.63. The van der Waals surface area contributed by atoms with E-state index in [-0.39, 0.29) is 12.5 Å². The molecule has 5 nitrogen and oxygen atoms in total. The van der Waals surface area contributed by atoms with E-state index in [1.165, 1.54) is 13.1 Å². The van der Waals surface area contributed by atoms with E-state index in [2.05, 4.69) is 15.1 Å². The molecule has 3 saturated heterocycles. The lowest BCUT2D eigenvalue weighted by molar-refractivity contribution is -0.123. The number of hydrogen-bond acceptors (Lipinski definition) is 4. The third-order valence-corrected chi connectivity index (χ3v) is 4.29. The van der Waals surface area contributed by atoms with E-state index in [0.29, 0.717) is 12.6 Å². The van der Waals surface area contributed by atoms with Gasteiger partial charge in [0.25, 0.3) is 5.91 Å². The van der Waals surface area contributed by atoms with Gasteiger partial charge in [0.2, 0.25) is 0 Å². The van der Waals surface area contributed by atoms with Crippen molar-refractivity contribution in [3.8, 4) is 5.75 Å². The zero-order valence-electron chi connectivity index (χ0n) is 12.5. The number of nitrogens with zero attached hydrogens (tertiary/aromatic N) is 2. The summed E-state index contributed by atoms with van der Waals surface area (Å²) in [4.78, 5) is 16.8. The van der Waals surface area contributed by atoms with Gasteiger partial charge >= 0.3 is 0 Å². The number of fused-ring (bicyclic) bond motifs is 3. The molecule has 1 amide bonds. The van der Waals surface area contributed by atoms with Crippen LogP contribution >= 0.6 is 0 Å². The number of piperazine rings is 3. The van der Waals surface area contributed by atoms with Crippen molar-refractivity contribution in [3.05, 3.63) is 29.8 Å². The maximum atomic E-state index is 11.9. The minimum Gasteiger partial charge on any atom is -0.484 e. The number of benzene rings is 1. The minimum absolute atomic E-state index is 0.0471. The van der Waals surface area contributed by atoms with Crippen LogP contribution in [0.4, 0.5) is 0 Å². The normalized spacial score (nSPS) is 27.4. The molecule has 1 aromatic carbocycles. The van der Waals surface area contributed by atoms with Gasteiger partial charge in [0.05, 0.1) is 0 Å². The van der Waals surface area contributed by atoms with Gasteiger partial charge in [0.15, 0.2) is 6.61 Å². The van der Waals surface area contributed by atoms with Crippen molar-refractivity contribution >= 4 is 5.91 Å². The van der Waals surface area contributed by atoms with Crippen molar-refractivity contribution in [3.63, 3.8) is 0 Å². The van der Waals surface area contributed by atoms with Crippen molar-refractivity contribution in [2.24, 2.45) is 0 Å². The van der Waals surface area contributed by atoms with E-state index >= 15 is 0 Å². The maximum Gasteiger partial charge on any atom is 0.257 e. The second kappa shape index (κ2) is 6.45. The molecule has 1 aromatic rings. The Labute approximate surface area is 125 Å². The van der Waals surface area contributed by atoms with Gasteiger partial charge in [-0.25, -0.2) is 0 Å². The van der Waals surface area contributed by atoms with E-state index in [1.807, 2.05) is 31.2 Å². The fraction of sp³-hybridized carbons (Fsp3) is 0.562. The topological polar surface area (TPSA) is 44.8 Å². The molecule has 1 N–H and O–H groups in total. The molecular formula is C16H23N3O2. The van der Waals surface area contributed by atoms with Crippen LogP contribution in [0.1, 0.15) is 5.56 Å². The van der Waals surface area contributed by atoms with Crippen molar-refractivity contribution < 1.29 is 9.53 Å². The van der Waals surface area contributed by atoms with Crippen LogP contribution in [-0.4, -0.2) is 67.6 Å². The summed E-state index contributed by atoms with van der Waals surface area (Å²) in [6.45, 7) is 8.46. The molecular weight excluding hydrogens is 266 g/mol. The van der Waals surface area contributed by atoms with Gasteiger partial charge in [-0.1, -0.05) is 12.1 Å². The number of ether oxygens (including phenoxy) is 1. The van der Waals surface area contributed by atoms with Crippen LogP contribution in [0.25, 0.3) is 0 Å². The van der Waals surface area contributed by atoms with Crippen molar-refractivity contribution in [2.45, 2.75) is 13.0 Å². The average molecular weight is 289 g/mol. The third-order valence-electron chi connectivity index (χ3n) is 4.29.